The van der Waals surface area contributed by atoms with Gasteiger partial charge in [0, 0.05) is 0 Å². The molecule has 0 unspecified atom stereocenters. The SMILES string of the molecule is COc1ccc(S(=O)(=O)N(Cc2ccccc2)c2ccccc2C(=O)N/N=C\c2ccco2)cc1. The first kappa shape index (κ1) is 23.8. The minimum absolute atomic E-state index is 0.0230. The smallest absolute Gasteiger partial charge is 0.273 e. The number of nitrogens with one attached hydrogen (secondary N) is 1. The molecule has 0 aliphatic carbocycles. The molecule has 1 heterocycles. The van der Waals surface area contributed by atoms with Crippen molar-refractivity contribution in [3.05, 3.63) is 114 Å². The molecule has 1 N–H and O–H groups in total. The Balaban J connectivity index is 1.72. The second-order valence-electron chi connectivity index (χ2n) is 7.40. The van der Waals surface area contributed by atoms with E-state index >= 15 is 0 Å². The maximum Gasteiger partial charge on any atom is 0.273 e. The third kappa shape index (κ3) is 5.59. The monoisotopic (exact) mass is 489 g/mol. The Bertz CT molecular complexity index is 1400. The van der Waals surface area contributed by atoms with E-state index in [-0.39, 0.29) is 22.7 Å². The van der Waals surface area contributed by atoms with Crippen LogP contribution >= 0.6 is 0 Å². The molecule has 1 amide bonds. The van der Waals surface area contributed by atoms with E-state index in [2.05, 4.69) is 10.5 Å². The highest BCUT2D eigenvalue weighted by atomic mass is 32.2. The highest BCUT2D eigenvalue weighted by Crippen LogP contribution is 2.30. The van der Waals surface area contributed by atoms with Gasteiger partial charge in [-0.25, -0.2) is 13.8 Å². The first-order valence-electron chi connectivity index (χ1n) is 10.7. The van der Waals surface area contributed by atoms with E-state index in [0.29, 0.717) is 11.5 Å². The molecule has 4 aromatic rings. The van der Waals surface area contributed by atoms with Gasteiger partial charge in [0.1, 0.15) is 11.5 Å². The van der Waals surface area contributed by atoms with Crippen molar-refractivity contribution in [1.29, 1.82) is 0 Å². The van der Waals surface area contributed by atoms with Crippen LogP contribution in [0.1, 0.15) is 21.7 Å². The summed E-state index contributed by atoms with van der Waals surface area (Å²) in [6, 6.07) is 25.1. The van der Waals surface area contributed by atoms with Crippen LogP contribution in [-0.4, -0.2) is 27.6 Å². The van der Waals surface area contributed by atoms with Crippen LogP contribution in [0.15, 0.2) is 112 Å². The summed E-state index contributed by atoms with van der Waals surface area (Å²) in [6.07, 6.45) is 2.85. The number of carbonyl (C=O) groups is 1. The third-order valence-corrected chi connectivity index (χ3v) is 6.91. The van der Waals surface area contributed by atoms with Crippen molar-refractivity contribution < 1.29 is 22.4 Å². The molecule has 178 valence electrons. The molecular weight excluding hydrogens is 466 g/mol. The lowest BCUT2D eigenvalue weighted by Crippen LogP contribution is -2.33. The quantitative estimate of drug-likeness (QED) is 0.277. The number of ether oxygens (including phenoxy) is 1. The average Bonchev–Trinajstić information content (AvgIpc) is 3.41. The molecule has 0 aliphatic heterocycles. The average molecular weight is 490 g/mol. The third-order valence-electron chi connectivity index (χ3n) is 5.13. The van der Waals surface area contributed by atoms with Gasteiger partial charge in [-0.15, -0.1) is 0 Å². The zero-order valence-electron chi connectivity index (χ0n) is 18.9. The number of furan rings is 1. The molecule has 0 aliphatic rings. The molecular formula is C26H23N3O5S. The lowest BCUT2D eigenvalue weighted by atomic mass is 10.1. The van der Waals surface area contributed by atoms with Crippen LogP contribution in [0, 0.1) is 0 Å². The van der Waals surface area contributed by atoms with Crippen LogP contribution in [0.4, 0.5) is 5.69 Å². The molecule has 8 nitrogen and oxygen atoms in total. The number of methoxy groups -OCH3 is 1. The summed E-state index contributed by atoms with van der Waals surface area (Å²) >= 11 is 0. The molecule has 3 aromatic carbocycles. The lowest BCUT2D eigenvalue weighted by molar-refractivity contribution is 0.0955. The Hall–Kier alpha value is -4.37. The maximum absolute atomic E-state index is 13.8. The second kappa shape index (κ2) is 10.7. The number of carbonyl (C=O) groups excluding carboxylic acids is 1. The van der Waals surface area contributed by atoms with Crippen molar-refractivity contribution in [3.63, 3.8) is 0 Å². The summed E-state index contributed by atoms with van der Waals surface area (Å²) in [7, 11) is -2.54. The standard InChI is InChI=1S/C26H23N3O5S/c1-33-21-13-15-23(16-14-21)35(31,32)29(19-20-8-3-2-4-9-20)25-12-6-5-11-24(25)26(30)28-27-18-22-10-7-17-34-22/h2-18H,19H2,1H3,(H,28,30)/b27-18-. The van der Waals surface area contributed by atoms with Gasteiger partial charge in [-0.1, -0.05) is 42.5 Å². The van der Waals surface area contributed by atoms with E-state index in [4.69, 9.17) is 9.15 Å². The second-order valence-corrected chi connectivity index (χ2v) is 9.27. The summed E-state index contributed by atoms with van der Waals surface area (Å²) in [5, 5.41) is 3.91. The minimum atomic E-state index is -4.04. The first-order chi connectivity index (χ1) is 17.0. The topological polar surface area (TPSA) is 101 Å². The molecule has 0 atom stereocenters. The molecule has 0 fully saturated rings. The largest absolute Gasteiger partial charge is 0.497 e. The Morgan fingerprint density at radius 1 is 0.971 bits per heavy atom. The van der Waals surface area contributed by atoms with Crippen LogP contribution in [0.3, 0.4) is 0 Å². The van der Waals surface area contributed by atoms with E-state index in [0.717, 1.165) is 5.56 Å². The Labute approximate surface area is 203 Å². The van der Waals surface area contributed by atoms with Crippen molar-refractivity contribution in [2.24, 2.45) is 5.10 Å². The van der Waals surface area contributed by atoms with Crippen LogP contribution < -0.4 is 14.5 Å². The number of sulfonamides is 1. The normalized spacial score (nSPS) is 11.3. The number of amides is 1. The molecule has 0 bridgehead atoms. The number of nitrogens with zero attached hydrogens (tertiary/aromatic N) is 2. The number of hydrazone groups is 1. The van der Waals surface area contributed by atoms with Gasteiger partial charge >= 0.3 is 0 Å². The zero-order chi connectivity index (χ0) is 24.7. The first-order valence-corrected chi connectivity index (χ1v) is 12.1. The van der Waals surface area contributed by atoms with Gasteiger partial charge in [-0.3, -0.25) is 9.10 Å². The number of benzene rings is 3. The van der Waals surface area contributed by atoms with Gasteiger partial charge < -0.3 is 9.15 Å². The summed E-state index contributed by atoms with van der Waals surface area (Å²) in [5.74, 6) is 0.436. The van der Waals surface area contributed by atoms with Crippen molar-refractivity contribution in [2.45, 2.75) is 11.4 Å². The van der Waals surface area contributed by atoms with Crippen molar-refractivity contribution in [2.75, 3.05) is 11.4 Å². The van der Waals surface area contributed by atoms with Crippen LogP contribution in [0.25, 0.3) is 0 Å². The highest BCUT2D eigenvalue weighted by Gasteiger charge is 2.28. The number of hydrogen-bond donors (Lipinski definition) is 1. The fourth-order valence-corrected chi connectivity index (χ4v) is 4.86. The molecule has 1 aromatic heterocycles. The van der Waals surface area contributed by atoms with E-state index in [1.165, 1.54) is 36.0 Å². The maximum atomic E-state index is 13.8. The predicted octanol–water partition coefficient (Wildman–Crippen LogP) is 4.45. The van der Waals surface area contributed by atoms with E-state index < -0.39 is 15.9 Å². The van der Waals surface area contributed by atoms with Gasteiger partial charge in [-0.05, 0) is 54.1 Å². The van der Waals surface area contributed by atoms with E-state index in [1.807, 2.05) is 30.3 Å². The fraction of sp³-hybridized carbons (Fsp3) is 0.0769. The number of anilines is 1. The highest BCUT2D eigenvalue weighted by molar-refractivity contribution is 7.92. The summed E-state index contributed by atoms with van der Waals surface area (Å²) in [5.41, 5.74) is 3.57. The molecule has 4 rings (SSSR count). The van der Waals surface area contributed by atoms with Crippen molar-refractivity contribution in [3.8, 4) is 5.75 Å². The Morgan fingerprint density at radius 2 is 1.69 bits per heavy atom. The van der Waals surface area contributed by atoms with Gasteiger partial charge in [-0.2, -0.15) is 5.10 Å². The predicted molar refractivity (Wildman–Crippen MR) is 133 cm³/mol. The Morgan fingerprint density at radius 3 is 2.37 bits per heavy atom. The number of para-hydroxylation sites is 1. The minimum Gasteiger partial charge on any atom is -0.497 e. The Kier molecular flexibility index (Phi) is 7.27. The van der Waals surface area contributed by atoms with Crippen LogP contribution in [-0.2, 0) is 16.6 Å². The molecule has 0 saturated carbocycles. The number of rotatable bonds is 9. The van der Waals surface area contributed by atoms with Gasteiger partial charge in [0.05, 0.1) is 42.3 Å². The van der Waals surface area contributed by atoms with Gasteiger partial charge in [0.2, 0.25) is 0 Å². The molecule has 0 saturated heterocycles. The summed E-state index contributed by atoms with van der Waals surface area (Å²) in [6.45, 7) is 0.0230. The number of hydrogen-bond acceptors (Lipinski definition) is 6. The van der Waals surface area contributed by atoms with Crippen LogP contribution in [0.2, 0.25) is 0 Å². The molecule has 0 spiro atoms. The van der Waals surface area contributed by atoms with Gasteiger partial charge in [0.25, 0.3) is 15.9 Å². The summed E-state index contributed by atoms with van der Waals surface area (Å²) < 4.78 is 39.1. The zero-order valence-corrected chi connectivity index (χ0v) is 19.7. The lowest BCUT2D eigenvalue weighted by Gasteiger charge is -2.26. The van der Waals surface area contributed by atoms with Crippen LogP contribution in [0.5, 0.6) is 5.75 Å². The van der Waals surface area contributed by atoms with Crippen molar-refractivity contribution >= 4 is 27.8 Å². The van der Waals surface area contributed by atoms with E-state index in [1.54, 1.807) is 48.5 Å². The van der Waals surface area contributed by atoms with Gasteiger partial charge in [0.15, 0.2) is 0 Å². The molecule has 0 radical (unpaired) electrons. The van der Waals surface area contributed by atoms with Crippen molar-refractivity contribution in [1.82, 2.24) is 5.43 Å². The molecule has 9 heteroatoms. The molecule has 35 heavy (non-hydrogen) atoms. The summed E-state index contributed by atoms with van der Waals surface area (Å²) in [4.78, 5) is 13.1. The van der Waals surface area contributed by atoms with E-state index in [9.17, 15) is 13.2 Å². The fourth-order valence-electron chi connectivity index (χ4n) is 3.39.